The maximum atomic E-state index is 4.65. The van der Waals surface area contributed by atoms with Crippen LogP contribution >= 0.6 is 0 Å². The lowest BCUT2D eigenvalue weighted by Crippen LogP contribution is -2.15. The van der Waals surface area contributed by atoms with Crippen molar-refractivity contribution in [2.75, 3.05) is 0 Å². The molecular weight excluding hydrogens is 320 g/mol. The van der Waals surface area contributed by atoms with E-state index in [0.717, 1.165) is 36.0 Å². The van der Waals surface area contributed by atoms with Crippen LogP contribution in [0, 0.1) is 5.92 Å². The molecular formula is C22H32N4. The molecule has 0 aliphatic heterocycles. The van der Waals surface area contributed by atoms with Crippen molar-refractivity contribution in [3.8, 4) is 11.4 Å². The maximum absolute atomic E-state index is 4.65. The van der Waals surface area contributed by atoms with E-state index in [9.17, 15) is 0 Å². The second kappa shape index (κ2) is 9.75. The Balaban J connectivity index is 1.55. The number of aromatic nitrogens is 4. The van der Waals surface area contributed by atoms with Crippen LogP contribution in [-0.4, -0.2) is 19.9 Å². The molecule has 0 radical (unpaired) electrons. The van der Waals surface area contributed by atoms with E-state index >= 15 is 0 Å². The highest BCUT2D eigenvalue weighted by atomic mass is 14.9. The molecule has 0 spiro atoms. The lowest BCUT2D eigenvalue weighted by atomic mass is 9.79. The van der Waals surface area contributed by atoms with Crippen molar-refractivity contribution < 1.29 is 0 Å². The second-order valence-electron chi connectivity index (χ2n) is 7.71. The van der Waals surface area contributed by atoms with E-state index in [1.165, 1.54) is 56.9 Å². The topological polar surface area (TPSA) is 51.6 Å². The van der Waals surface area contributed by atoms with Crippen molar-refractivity contribution in [3.63, 3.8) is 0 Å². The quantitative estimate of drug-likeness (QED) is 0.568. The van der Waals surface area contributed by atoms with E-state index < -0.39 is 0 Å². The molecule has 0 unspecified atom stereocenters. The SMILES string of the molecule is CCCCCC1CCC(c2ncc(-c3ncc(CCC)cn3)cn2)CC1. The first-order chi connectivity index (χ1) is 12.8. The van der Waals surface area contributed by atoms with E-state index in [1.54, 1.807) is 0 Å². The number of nitrogens with zero attached hydrogens (tertiary/aromatic N) is 4. The Morgan fingerprint density at radius 3 is 2.12 bits per heavy atom. The monoisotopic (exact) mass is 352 g/mol. The van der Waals surface area contributed by atoms with Crippen molar-refractivity contribution in [2.24, 2.45) is 5.92 Å². The fourth-order valence-corrected chi connectivity index (χ4v) is 3.98. The van der Waals surface area contributed by atoms with Gasteiger partial charge in [-0.05, 0) is 43.6 Å². The predicted octanol–water partition coefficient (Wildman–Crippen LogP) is 5.74. The average molecular weight is 353 g/mol. The summed E-state index contributed by atoms with van der Waals surface area (Å²) in [6, 6.07) is 0. The van der Waals surface area contributed by atoms with Gasteiger partial charge in [-0.15, -0.1) is 0 Å². The molecule has 2 heterocycles. The van der Waals surface area contributed by atoms with E-state index in [4.69, 9.17) is 0 Å². The summed E-state index contributed by atoms with van der Waals surface area (Å²) >= 11 is 0. The van der Waals surface area contributed by atoms with Gasteiger partial charge in [-0.3, -0.25) is 0 Å². The van der Waals surface area contributed by atoms with Gasteiger partial charge in [0.1, 0.15) is 5.82 Å². The van der Waals surface area contributed by atoms with Crippen LogP contribution in [0.25, 0.3) is 11.4 Å². The molecule has 0 aromatic carbocycles. The summed E-state index contributed by atoms with van der Waals surface area (Å²) in [4.78, 5) is 18.2. The molecule has 0 amide bonds. The molecule has 1 aliphatic rings. The van der Waals surface area contributed by atoms with Crippen molar-refractivity contribution in [1.29, 1.82) is 0 Å². The molecule has 4 heteroatoms. The molecule has 2 aromatic rings. The van der Waals surface area contributed by atoms with E-state index in [2.05, 4.69) is 33.8 Å². The number of rotatable bonds is 8. The molecule has 26 heavy (non-hydrogen) atoms. The molecule has 0 atom stereocenters. The van der Waals surface area contributed by atoms with Gasteiger partial charge in [0.15, 0.2) is 5.82 Å². The highest BCUT2D eigenvalue weighted by Gasteiger charge is 2.23. The summed E-state index contributed by atoms with van der Waals surface area (Å²) in [6.07, 6.45) is 20.4. The van der Waals surface area contributed by atoms with Crippen LogP contribution in [0.1, 0.15) is 88.9 Å². The third-order valence-electron chi connectivity index (χ3n) is 5.60. The second-order valence-corrected chi connectivity index (χ2v) is 7.71. The van der Waals surface area contributed by atoms with Crippen molar-refractivity contribution in [3.05, 3.63) is 36.2 Å². The van der Waals surface area contributed by atoms with Crippen LogP contribution in [0.3, 0.4) is 0 Å². The Labute approximate surface area is 157 Å². The summed E-state index contributed by atoms with van der Waals surface area (Å²) in [5, 5.41) is 0. The Bertz CT molecular complexity index is 643. The zero-order valence-corrected chi connectivity index (χ0v) is 16.3. The number of hydrogen-bond acceptors (Lipinski definition) is 4. The van der Waals surface area contributed by atoms with E-state index in [1.807, 2.05) is 24.8 Å². The van der Waals surface area contributed by atoms with Crippen molar-refractivity contribution in [2.45, 2.75) is 84.0 Å². The largest absolute Gasteiger partial charge is 0.240 e. The zero-order valence-electron chi connectivity index (χ0n) is 16.3. The van der Waals surface area contributed by atoms with Gasteiger partial charge in [0, 0.05) is 30.7 Å². The highest BCUT2D eigenvalue weighted by Crippen LogP contribution is 2.36. The first-order valence-corrected chi connectivity index (χ1v) is 10.4. The Kier molecular flexibility index (Phi) is 7.10. The summed E-state index contributed by atoms with van der Waals surface area (Å²) in [5.74, 6) is 3.17. The molecule has 1 aliphatic carbocycles. The molecule has 140 valence electrons. The van der Waals surface area contributed by atoms with Gasteiger partial charge < -0.3 is 0 Å². The van der Waals surface area contributed by atoms with Crippen molar-refractivity contribution >= 4 is 0 Å². The van der Waals surface area contributed by atoms with Crippen LogP contribution in [0.2, 0.25) is 0 Å². The van der Waals surface area contributed by atoms with Crippen LogP contribution in [0.4, 0.5) is 0 Å². The lowest BCUT2D eigenvalue weighted by molar-refractivity contribution is 0.297. The maximum Gasteiger partial charge on any atom is 0.162 e. The molecule has 2 aromatic heterocycles. The number of unbranched alkanes of at least 4 members (excludes halogenated alkanes) is 2. The Morgan fingerprint density at radius 2 is 1.50 bits per heavy atom. The summed E-state index contributed by atoms with van der Waals surface area (Å²) in [5.41, 5.74) is 2.09. The highest BCUT2D eigenvalue weighted by molar-refractivity contribution is 5.51. The summed E-state index contributed by atoms with van der Waals surface area (Å²) in [7, 11) is 0. The van der Waals surface area contributed by atoms with Gasteiger partial charge in [0.2, 0.25) is 0 Å². The normalized spacial score (nSPS) is 20.2. The number of hydrogen-bond donors (Lipinski definition) is 0. The molecule has 0 saturated heterocycles. The average Bonchev–Trinajstić information content (AvgIpc) is 2.70. The summed E-state index contributed by atoms with van der Waals surface area (Å²) < 4.78 is 0. The van der Waals surface area contributed by atoms with Crippen LogP contribution in [0.15, 0.2) is 24.8 Å². The fraction of sp³-hybridized carbons (Fsp3) is 0.636. The van der Waals surface area contributed by atoms with Crippen LogP contribution in [0.5, 0.6) is 0 Å². The van der Waals surface area contributed by atoms with Gasteiger partial charge in [0.05, 0.1) is 5.56 Å². The Morgan fingerprint density at radius 1 is 0.808 bits per heavy atom. The minimum atomic E-state index is 0.527. The lowest BCUT2D eigenvalue weighted by Gasteiger charge is -2.27. The van der Waals surface area contributed by atoms with Crippen molar-refractivity contribution in [1.82, 2.24) is 19.9 Å². The Hall–Kier alpha value is -1.84. The van der Waals surface area contributed by atoms with E-state index in [-0.39, 0.29) is 0 Å². The molecule has 1 fully saturated rings. The molecule has 0 N–H and O–H groups in total. The molecule has 4 nitrogen and oxygen atoms in total. The predicted molar refractivity (Wildman–Crippen MR) is 106 cm³/mol. The third kappa shape index (κ3) is 5.09. The standard InChI is InChI=1S/C22H32N4/c1-3-5-6-8-17-9-11-19(12-10-17)21-25-15-20(16-26-21)22-23-13-18(7-4-2)14-24-22/h13-17,19H,3-12H2,1-2H3. The first-order valence-electron chi connectivity index (χ1n) is 10.4. The fourth-order valence-electron chi connectivity index (χ4n) is 3.98. The van der Waals surface area contributed by atoms with Crippen LogP contribution in [-0.2, 0) is 6.42 Å². The molecule has 3 rings (SSSR count). The van der Waals surface area contributed by atoms with E-state index in [0.29, 0.717) is 5.92 Å². The minimum absolute atomic E-state index is 0.527. The van der Waals surface area contributed by atoms with Gasteiger partial charge in [0.25, 0.3) is 0 Å². The van der Waals surface area contributed by atoms with Gasteiger partial charge in [-0.25, -0.2) is 19.9 Å². The van der Waals surface area contributed by atoms with Crippen LogP contribution < -0.4 is 0 Å². The van der Waals surface area contributed by atoms with Gasteiger partial charge in [-0.2, -0.15) is 0 Å². The number of aryl methyl sites for hydroxylation is 1. The first kappa shape index (κ1) is 18.9. The zero-order chi connectivity index (χ0) is 18.2. The minimum Gasteiger partial charge on any atom is -0.240 e. The molecule has 0 bridgehead atoms. The summed E-state index contributed by atoms with van der Waals surface area (Å²) in [6.45, 7) is 4.45. The van der Waals surface area contributed by atoms with Gasteiger partial charge >= 0.3 is 0 Å². The smallest absolute Gasteiger partial charge is 0.162 e. The molecule has 1 saturated carbocycles. The third-order valence-corrected chi connectivity index (χ3v) is 5.60. The van der Waals surface area contributed by atoms with Gasteiger partial charge in [-0.1, -0.05) is 46.0 Å².